The lowest BCUT2D eigenvalue weighted by atomic mass is 9.97. The number of amides is 1. The van der Waals surface area contributed by atoms with Gasteiger partial charge in [0.25, 0.3) is 0 Å². The normalized spacial score (nSPS) is 15.8. The molecular formula is C29H28F2N4O5S. The summed E-state index contributed by atoms with van der Waals surface area (Å²) in [7, 11) is -3.20. The van der Waals surface area contributed by atoms with Crippen LogP contribution in [0.15, 0.2) is 64.8 Å². The lowest BCUT2D eigenvalue weighted by Gasteiger charge is -2.24. The van der Waals surface area contributed by atoms with Crippen molar-refractivity contribution in [3.63, 3.8) is 0 Å². The molecule has 3 heterocycles. The Morgan fingerprint density at radius 2 is 1.78 bits per heavy atom. The smallest absolute Gasteiger partial charge is 0.410 e. The largest absolute Gasteiger partial charge is 0.480 e. The molecule has 1 saturated heterocycles. The maximum atomic E-state index is 14.5. The second-order valence-corrected chi connectivity index (χ2v) is 12.6. The molecule has 2 aromatic carbocycles. The standard InChI is InChI=1S/C29H28F2N4O5S/c1-29(2,3)40-28(36)35-10-9-18(15-35)26-21-11-17(5-7-23(21)33-16-34-26)19-12-25(27(39-4)32-14-19)41(37,38)24-8-6-20(30)13-22(24)31/h5-8,11-14,16,18H,9-10,15H2,1-4H3. The van der Waals surface area contributed by atoms with Crippen LogP contribution in [0.25, 0.3) is 22.0 Å². The average Bonchev–Trinajstić information content (AvgIpc) is 3.41. The Hall–Kier alpha value is -4.19. The molecule has 9 nitrogen and oxygen atoms in total. The van der Waals surface area contributed by atoms with Gasteiger partial charge in [-0.3, -0.25) is 0 Å². The Labute approximate surface area is 236 Å². The molecule has 1 atom stereocenters. The minimum atomic E-state index is -4.45. The van der Waals surface area contributed by atoms with Gasteiger partial charge in [-0.25, -0.2) is 36.9 Å². The highest BCUT2D eigenvalue weighted by Gasteiger charge is 2.32. The van der Waals surface area contributed by atoms with Gasteiger partial charge in [0, 0.05) is 42.2 Å². The molecule has 1 aliphatic rings. The van der Waals surface area contributed by atoms with E-state index in [4.69, 9.17) is 9.47 Å². The predicted molar refractivity (Wildman–Crippen MR) is 146 cm³/mol. The molecule has 0 radical (unpaired) electrons. The summed E-state index contributed by atoms with van der Waals surface area (Å²) >= 11 is 0. The molecule has 0 saturated carbocycles. The zero-order chi connectivity index (χ0) is 29.5. The third-order valence-electron chi connectivity index (χ3n) is 6.71. The first-order valence-corrected chi connectivity index (χ1v) is 14.3. The van der Waals surface area contributed by atoms with Crippen LogP contribution >= 0.6 is 0 Å². The molecule has 4 aromatic rings. The SMILES string of the molecule is COc1ncc(-c2ccc3ncnc(C4CCN(C(=O)OC(C)(C)C)C4)c3c2)cc1S(=O)(=O)c1ccc(F)cc1F. The van der Waals surface area contributed by atoms with Gasteiger partial charge >= 0.3 is 6.09 Å². The fourth-order valence-electron chi connectivity index (χ4n) is 4.80. The number of nitrogens with zero attached hydrogens (tertiary/aromatic N) is 4. The lowest BCUT2D eigenvalue weighted by molar-refractivity contribution is 0.0292. The van der Waals surface area contributed by atoms with Crippen molar-refractivity contribution >= 4 is 26.8 Å². The first kappa shape index (κ1) is 28.3. The molecule has 0 N–H and O–H groups in total. The summed E-state index contributed by atoms with van der Waals surface area (Å²) in [6.45, 7) is 6.41. The van der Waals surface area contributed by atoms with E-state index in [0.717, 1.165) is 23.2 Å². The topological polar surface area (TPSA) is 112 Å². The monoisotopic (exact) mass is 582 g/mol. The number of benzene rings is 2. The van der Waals surface area contributed by atoms with Crippen molar-refractivity contribution in [3.05, 3.63) is 72.3 Å². The molecule has 1 amide bonds. The van der Waals surface area contributed by atoms with Gasteiger partial charge in [-0.2, -0.15) is 0 Å². The van der Waals surface area contributed by atoms with Crippen molar-refractivity contribution in [3.8, 4) is 17.0 Å². The summed E-state index contributed by atoms with van der Waals surface area (Å²) in [6, 6.07) is 8.97. The second kappa shape index (κ2) is 10.7. The van der Waals surface area contributed by atoms with Gasteiger partial charge in [0.05, 0.1) is 18.3 Å². The highest BCUT2D eigenvalue weighted by Crippen LogP contribution is 2.36. The first-order chi connectivity index (χ1) is 19.4. The quantitative estimate of drug-likeness (QED) is 0.282. The number of carbonyl (C=O) groups is 1. The number of rotatable bonds is 5. The molecule has 1 unspecified atom stereocenters. The number of carbonyl (C=O) groups excluding carboxylic acids is 1. The number of halogens is 2. The van der Waals surface area contributed by atoms with E-state index >= 15 is 0 Å². The molecule has 0 bridgehead atoms. The van der Waals surface area contributed by atoms with Crippen molar-refractivity contribution in [2.45, 2.75) is 48.5 Å². The number of sulfone groups is 1. The van der Waals surface area contributed by atoms with Gasteiger partial charge in [0.15, 0.2) is 0 Å². The summed E-state index contributed by atoms with van der Waals surface area (Å²) in [5, 5.41) is 0.742. The highest BCUT2D eigenvalue weighted by molar-refractivity contribution is 7.91. The lowest BCUT2D eigenvalue weighted by Crippen LogP contribution is -2.35. The van der Waals surface area contributed by atoms with Gasteiger partial charge in [-0.1, -0.05) is 6.07 Å². The summed E-state index contributed by atoms with van der Waals surface area (Å²) < 4.78 is 65.4. The summed E-state index contributed by atoms with van der Waals surface area (Å²) in [4.78, 5) is 26.3. The van der Waals surface area contributed by atoms with Gasteiger partial charge in [0.1, 0.15) is 33.4 Å². The van der Waals surface area contributed by atoms with Crippen molar-refractivity contribution in [1.29, 1.82) is 0 Å². The number of fused-ring (bicyclic) bond motifs is 1. The number of likely N-dealkylation sites (tertiary alicyclic amines) is 1. The third kappa shape index (κ3) is 5.69. The number of pyridine rings is 1. The van der Waals surface area contributed by atoms with Crippen LogP contribution in [0.3, 0.4) is 0 Å². The van der Waals surface area contributed by atoms with Crippen LogP contribution in [0.5, 0.6) is 5.88 Å². The number of hydrogen-bond donors (Lipinski definition) is 0. The molecular weight excluding hydrogens is 554 g/mol. The Balaban J connectivity index is 1.53. The van der Waals surface area contributed by atoms with E-state index in [1.165, 1.54) is 25.7 Å². The summed E-state index contributed by atoms with van der Waals surface area (Å²) in [5.41, 5.74) is 1.86. The molecule has 12 heteroatoms. The fourth-order valence-corrected chi connectivity index (χ4v) is 6.25. The maximum absolute atomic E-state index is 14.5. The van der Waals surface area contributed by atoms with E-state index in [1.807, 2.05) is 26.8 Å². The number of hydrogen-bond acceptors (Lipinski definition) is 8. The van der Waals surface area contributed by atoms with Crippen molar-refractivity contribution < 1.29 is 31.5 Å². The second-order valence-electron chi connectivity index (χ2n) is 10.7. The van der Waals surface area contributed by atoms with Crippen LogP contribution in [0.2, 0.25) is 0 Å². The Bertz CT molecular complexity index is 1760. The van der Waals surface area contributed by atoms with E-state index in [1.54, 1.807) is 17.0 Å². The molecule has 1 fully saturated rings. The van der Waals surface area contributed by atoms with Crippen molar-refractivity contribution in [2.24, 2.45) is 0 Å². The van der Waals surface area contributed by atoms with Crippen LogP contribution in [0.1, 0.15) is 38.8 Å². The summed E-state index contributed by atoms with van der Waals surface area (Å²) in [6.07, 6.45) is 3.23. The van der Waals surface area contributed by atoms with E-state index < -0.39 is 32.0 Å². The van der Waals surface area contributed by atoms with Gasteiger partial charge < -0.3 is 14.4 Å². The zero-order valence-electron chi connectivity index (χ0n) is 22.9. The number of methoxy groups -OCH3 is 1. The Morgan fingerprint density at radius 1 is 1.00 bits per heavy atom. The van der Waals surface area contributed by atoms with Crippen molar-refractivity contribution in [2.75, 3.05) is 20.2 Å². The van der Waals surface area contributed by atoms with Gasteiger partial charge in [-0.15, -0.1) is 0 Å². The van der Waals surface area contributed by atoms with E-state index in [2.05, 4.69) is 15.0 Å². The first-order valence-electron chi connectivity index (χ1n) is 12.8. The van der Waals surface area contributed by atoms with Gasteiger partial charge in [-0.05, 0) is 63.1 Å². The van der Waals surface area contributed by atoms with E-state index in [9.17, 15) is 22.0 Å². The zero-order valence-corrected chi connectivity index (χ0v) is 23.7. The van der Waals surface area contributed by atoms with Crippen LogP contribution in [-0.4, -0.2) is 60.2 Å². The van der Waals surface area contributed by atoms with Crippen molar-refractivity contribution in [1.82, 2.24) is 19.9 Å². The average molecular weight is 583 g/mol. The molecule has 5 rings (SSSR count). The van der Waals surface area contributed by atoms with E-state index in [0.29, 0.717) is 42.2 Å². The predicted octanol–water partition coefficient (Wildman–Crippen LogP) is 5.54. The van der Waals surface area contributed by atoms with Gasteiger partial charge in [0.2, 0.25) is 15.7 Å². The fraction of sp³-hybridized carbons (Fsp3) is 0.310. The molecule has 1 aliphatic heterocycles. The molecule has 41 heavy (non-hydrogen) atoms. The molecule has 0 spiro atoms. The van der Waals surface area contributed by atoms with Crippen LogP contribution in [0.4, 0.5) is 13.6 Å². The van der Waals surface area contributed by atoms with Crippen LogP contribution in [-0.2, 0) is 14.6 Å². The maximum Gasteiger partial charge on any atom is 0.410 e. The van der Waals surface area contributed by atoms with Crippen LogP contribution < -0.4 is 4.74 Å². The van der Waals surface area contributed by atoms with E-state index in [-0.39, 0.29) is 22.8 Å². The number of ether oxygens (including phenoxy) is 2. The third-order valence-corrected chi connectivity index (χ3v) is 8.49. The minimum absolute atomic E-state index is 0.0605. The Morgan fingerprint density at radius 3 is 2.49 bits per heavy atom. The minimum Gasteiger partial charge on any atom is -0.480 e. The highest BCUT2D eigenvalue weighted by atomic mass is 32.2. The molecule has 0 aliphatic carbocycles. The van der Waals surface area contributed by atoms with Crippen LogP contribution in [0, 0.1) is 11.6 Å². The number of aromatic nitrogens is 3. The Kier molecular flexibility index (Phi) is 7.37. The summed E-state index contributed by atoms with van der Waals surface area (Å²) in [5.74, 6) is -2.40. The molecule has 2 aromatic heterocycles. The molecule has 214 valence electrons.